The van der Waals surface area contributed by atoms with E-state index in [1.807, 2.05) is 29.8 Å². The zero-order valence-corrected chi connectivity index (χ0v) is 18.8. The molecule has 4 rings (SSSR count). The molecule has 8 nitrogen and oxygen atoms in total. The third-order valence-electron chi connectivity index (χ3n) is 6.10. The molecular weight excluding hydrogens is 416 g/mol. The highest BCUT2D eigenvalue weighted by atomic mass is 16.2. The number of aryl methyl sites for hydroxylation is 1. The van der Waals surface area contributed by atoms with Gasteiger partial charge in [0, 0.05) is 44.6 Å². The van der Waals surface area contributed by atoms with Gasteiger partial charge in [-0.2, -0.15) is 0 Å². The molecule has 1 amide bonds. The van der Waals surface area contributed by atoms with Gasteiger partial charge in [-0.3, -0.25) is 14.6 Å². The van der Waals surface area contributed by atoms with E-state index in [4.69, 9.17) is 6.57 Å². The fraction of sp³-hybridized carbons (Fsp3) is 0.360. The molecule has 168 valence electrons. The maximum absolute atomic E-state index is 12.9. The van der Waals surface area contributed by atoms with Crippen LogP contribution in [0.2, 0.25) is 0 Å². The normalized spacial score (nSPS) is 16.4. The molecule has 0 bridgehead atoms. The molecule has 33 heavy (non-hydrogen) atoms. The van der Waals surface area contributed by atoms with Crippen LogP contribution >= 0.6 is 0 Å². The van der Waals surface area contributed by atoms with Crippen LogP contribution in [0.1, 0.15) is 57.1 Å². The van der Waals surface area contributed by atoms with Gasteiger partial charge in [0.2, 0.25) is 6.04 Å². The Morgan fingerprint density at radius 1 is 1.27 bits per heavy atom. The number of carbonyl (C=O) groups is 2. The number of Topliss-reactive ketones (excluding diaryl/α,β-unsaturated/α-hetero) is 1. The predicted octanol–water partition coefficient (Wildman–Crippen LogP) is 3.12. The molecule has 0 aliphatic carbocycles. The molecule has 0 radical (unpaired) electrons. The highest BCUT2D eigenvalue weighted by Crippen LogP contribution is 2.21. The van der Waals surface area contributed by atoms with Gasteiger partial charge in [0.05, 0.1) is 6.54 Å². The number of amides is 1. The topological polar surface area (TPSA) is 85.3 Å². The average molecular weight is 443 g/mol. The molecule has 1 aliphatic rings. The van der Waals surface area contributed by atoms with Crippen molar-refractivity contribution in [3.8, 4) is 0 Å². The van der Waals surface area contributed by atoms with Crippen LogP contribution in [-0.2, 0) is 19.9 Å². The van der Waals surface area contributed by atoms with Crippen LogP contribution in [0, 0.1) is 6.57 Å². The first kappa shape index (κ1) is 22.3. The SMILES string of the molecule is [C-]#[N+][C@@H]1CCN(C(=O)c2ccnc(C(=O)Cc3cccc([C@H](C)Cc4nncn4C)c3)c2)C1. The quantitative estimate of drug-likeness (QED) is 0.415. The maximum Gasteiger partial charge on any atom is 0.254 e. The number of rotatable bonds is 7. The van der Waals surface area contributed by atoms with Crippen molar-refractivity contribution in [2.75, 3.05) is 13.1 Å². The molecule has 0 unspecified atom stereocenters. The van der Waals surface area contributed by atoms with E-state index in [0.717, 1.165) is 23.4 Å². The van der Waals surface area contributed by atoms with Gasteiger partial charge < -0.3 is 14.3 Å². The van der Waals surface area contributed by atoms with Crippen molar-refractivity contribution in [3.05, 3.63) is 88.5 Å². The molecular formula is C25H26N6O2. The van der Waals surface area contributed by atoms with Crippen LogP contribution in [0.25, 0.3) is 4.85 Å². The molecule has 2 aromatic heterocycles. The second-order valence-corrected chi connectivity index (χ2v) is 8.56. The lowest BCUT2D eigenvalue weighted by molar-refractivity contribution is 0.0792. The molecule has 1 saturated heterocycles. The summed E-state index contributed by atoms with van der Waals surface area (Å²) in [7, 11) is 1.93. The Kier molecular flexibility index (Phi) is 6.59. The van der Waals surface area contributed by atoms with E-state index in [0.29, 0.717) is 25.1 Å². The fourth-order valence-corrected chi connectivity index (χ4v) is 4.10. The van der Waals surface area contributed by atoms with Crippen LogP contribution in [0.4, 0.5) is 0 Å². The number of aromatic nitrogens is 4. The van der Waals surface area contributed by atoms with Crippen LogP contribution in [0.5, 0.6) is 0 Å². The van der Waals surface area contributed by atoms with Crippen molar-refractivity contribution in [1.82, 2.24) is 24.6 Å². The number of pyridine rings is 1. The molecule has 1 aromatic carbocycles. The molecule has 1 aliphatic heterocycles. The van der Waals surface area contributed by atoms with E-state index < -0.39 is 0 Å². The molecule has 0 spiro atoms. The first-order valence-corrected chi connectivity index (χ1v) is 11.0. The summed E-state index contributed by atoms with van der Waals surface area (Å²) in [5, 5.41) is 8.09. The van der Waals surface area contributed by atoms with E-state index in [2.05, 4.69) is 33.0 Å². The minimum atomic E-state index is -0.155. The molecule has 0 N–H and O–H groups in total. The maximum atomic E-state index is 12.9. The van der Waals surface area contributed by atoms with E-state index in [1.54, 1.807) is 23.4 Å². The van der Waals surface area contributed by atoms with Gasteiger partial charge in [0.15, 0.2) is 5.78 Å². The Labute approximate surface area is 193 Å². The summed E-state index contributed by atoms with van der Waals surface area (Å²) < 4.78 is 1.91. The fourth-order valence-electron chi connectivity index (χ4n) is 4.10. The average Bonchev–Trinajstić information content (AvgIpc) is 3.48. The van der Waals surface area contributed by atoms with Gasteiger partial charge in [0.1, 0.15) is 17.8 Å². The number of nitrogens with zero attached hydrogens (tertiary/aromatic N) is 6. The van der Waals surface area contributed by atoms with Gasteiger partial charge in [0.25, 0.3) is 5.91 Å². The van der Waals surface area contributed by atoms with Crippen LogP contribution in [0.15, 0.2) is 48.9 Å². The molecule has 8 heteroatoms. The number of hydrogen-bond acceptors (Lipinski definition) is 5. The lowest BCUT2D eigenvalue weighted by atomic mass is 9.94. The minimum Gasteiger partial charge on any atom is -0.331 e. The molecule has 2 atom stereocenters. The van der Waals surface area contributed by atoms with Crippen molar-refractivity contribution in [3.63, 3.8) is 0 Å². The lowest BCUT2D eigenvalue weighted by Crippen LogP contribution is -2.29. The van der Waals surface area contributed by atoms with E-state index in [9.17, 15) is 9.59 Å². The van der Waals surface area contributed by atoms with Crippen molar-refractivity contribution < 1.29 is 9.59 Å². The highest BCUT2D eigenvalue weighted by molar-refractivity contribution is 6.00. The van der Waals surface area contributed by atoms with Gasteiger partial charge in [-0.15, -0.1) is 10.2 Å². The Balaban J connectivity index is 1.44. The molecule has 1 fully saturated rings. The van der Waals surface area contributed by atoms with Gasteiger partial charge in [-0.1, -0.05) is 31.2 Å². The predicted molar refractivity (Wildman–Crippen MR) is 123 cm³/mol. The number of likely N-dealkylation sites (tertiary alicyclic amines) is 1. The second kappa shape index (κ2) is 9.74. The standard InChI is InChI=1S/C25H26N6O2/c1-17(11-24-29-28-16-30(24)3)19-6-4-5-18(12-19)13-23(32)22-14-20(7-9-27-22)25(33)31-10-8-21(15-31)26-2/h4-7,9,12,14,16-17,21H,8,10-11,13,15H2,1,3H3/t17-,21-/m1/s1. The van der Waals surface area contributed by atoms with Crippen molar-refractivity contribution in [1.29, 1.82) is 0 Å². The summed E-state index contributed by atoms with van der Waals surface area (Å²) in [4.78, 5) is 35.1. The van der Waals surface area contributed by atoms with Crippen molar-refractivity contribution in [2.24, 2.45) is 7.05 Å². The van der Waals surface area contributed by atoms with Crippen molar-refractivity contribution in [2.45, 2.75) is 38.1 Å². The van der Waals surface area contributed by atoms with E-state index in [1.165, 1.54) is 6.20 Å². The zero-order chi connectivity index (χ0) is 23.4. The largest absolute Gasteiger partial charge is 0.331 e. The first-order valence-electron chi connectivity index (χ1n) is 11.0. The molecule has 3 aromatic rings. The van der Waals surface area contributed by atoms with E-state index in [-0.39, 0.29) is 35.8 Å². The van der Waals surface area contributed by atoms with Gasteiger partial charge in [-0.25, -0.2) is 6.57 Å². The second-order valence-electron chi connectivity index (χ2n) is 8.56. The smallest absolute Gasteiger partial charge is 0.254 e. The Bertz CT molecular complexity index is 1210. The summed E-state index contributed by atoms with van der Waals surface area (Å²) in [6, 6.07) is 11.0. The monoisotopic (exact) mass is 442 g/mol. The Morgan fingerprint density at radius 2 is 2.12 bits per heavy atom. The van der Waals surface area contributed by atoms with Crippen LogP contribution in [0.3, 0.4) is 0 Å². The number of ketones is 1. The third-order valence-corrected chi connectivity index (χ3v) is 6.10. The number of carbonyl (C=O) groups excluding carboxylic acids is 2. The Hall–Kier alpha value is -3.86. The molecule has 3 heterocycles. The third kappa shape index (κ3) is 5.14. The number of benzene rings is 1. The summed E-state index contributed by atoms with van der Waals surface area (Å²) >= 11 is 0. The molecule has 0 saturated carbocycles. The summed E-state index contributed by atoms with van der Waals surface area (Å²) in [6.45, 7) is 10.3. The summed E-state index contributed by atoms with van der Waals surface area (Å²) in [5.41, 5.74) is 2.74. The minimum absolute atomic E-state index is 0.136. The zero-order valence-electron chi connectivity index (χ0n) is 18.8. The first-order chi connectivity index (χ1) is 15.9. The summed E-state index contributed by atoms with van der Waals surface area (Å²) in [6.07, 6.45) is 4.85. The highest BCUT2D eigenvalue weighted by Gasteiger charge is 2.30. The number of hydrogen-bond donors (Lipinski definition) is 0. The van der Waals surface area contributed by atoms with Crippen LogP contribution in [-0.4, -0.2) is 55.5 Å². The van der Waals surface area contributed by atoms with Crippen molar-refractivity contribution >= 4 is 11.7 Å². The van der Waals surface area contributed by atoms with E-state index >= 15 is 0 Å². The summed E-state index contributed by atoms with van der Waals surface area (Å²) in [5.74, 6) is 0.845. The lowest BCUT2D eigenvalue weighted by Gasteiger charge is -2.14. The Morgan fingerprint density at radius 3 is 2.85 bits per heavy atom. The van der Waals surface area contributed by atoms with Gasteiger partial charge >= 0.3 is 0 Å². The van der Waals surface area contributed by atoms with Gasteiger partial charge in [-0.05, 0) is 29.2 Å². The van der Waals surface area contributed by atoms with Crippen LogP contribution < -0.4 is 0 Å².